The topological polar surface area (TPSA) is 71.5 Å². The summed E-state index contributed by atoms with van der Waals surface area (Å²) in [5, 5.41) is 2.71. The van der Waals surface area contributed by atoms with Gasteiger partial charge in [-0.05, 0) is 40.2 Å². The lowest BCUT2D eigenvalue weighted by Gasteiger charge is -2.29. The van der Waals surface area contributed by atoms with Crippen LogP contribution in [0, 0.1) is 0 Å². The Balaban J connectivity index is 1.62. The number of aromatic nitrogens is 1. The molecule has 1 aromatic carbocycles. The number of carbonyl (C=O) groups is 2. The lowest BCUT2D eigenvalue weighted by molar-refractivity contribution is -0.121. The van der Waals surface area contributed by atoms with Crippen LogP contribution in [0.5, 0.6) is 5.75 Å². The van der Waals surface area contributed by atoms with Crippen LogP contribution >= 0.6 is 15.9 Å². The van der Waals surface area contributed by atoms with E-state index in [0.29, 0.717) is 23.8 Å². The van der Waals surface area contributed by atoms with Crippen LogP contribution in [-0.2, 0) is 9.59 Å². The van der Waals surface area contributed by atoms with Gasteiger partial charge in [-0.1, -0.05) is 12.1 Å². The molecule has 3 rings (SSSR count). The summed E-state index contributed by atoms with van der Waals surface area (Å²) in [6, 6.07) is 10.8. The maximum absolute atomic E-state index is 12.0. The Kier molecular flexibility index (Phi) is 4.57. The molecular weight excluding hydrogens is 362 g/mol. The molecular formula is C16H14BrN3O3. The fraction of sp³-hybridized carbons (Fsp3) is 0.188. The number of nitrogens with one attached hydrogen (secondary N) is 1. The Hall–Kier alpha value is -2.41. The summed E-state index contributed by atoms with van der Waals surface area (Å²) in [7, 11) is 0. The van der Waals surface area contributed by atoms with Gasteiger partial charge in [0.2, 0.25) is 5.91 Å². The third-order valence-electron chi connectivity index (χ3n) is 3.37. The second kappa shape index (κ2) is 6.78. The van der Waals surface area contributed by atoms with Crippen LogP contribution in [-0.4, -0.2) is 29.9 Å². The van der Waals surface area contributed by atoms with Crippen molar-refractivity contribution in [2.75, 3.05) is 23.4 Å². The van der Waals surface area contributed by atoms with Gasteiger partial charge in [-0.2, -0.15) is 0 Å². The van der Waals surface area contributed by atoms with Gasteiger partial charge >= 0.3 is 0 Å². The van der Waals surface area contributed by atoms with Crippen molar-refractivity contribution in [2.45, 2.75) is 6.42 Å². The zero-order valence-electron chi connectivity index (χ0n) is 12.2. The van der Waals surface area contributed by atoms with Gasteiger partial charge in [-0.15, -0.1) is 0 Å². The van der Waals surface area contributed by atoms with Crippen LogP contribution < -0.4 is 15.0 Å². The van der Waals surface area contributed by atoms with E-state index >= 15 is 0 Å². The molecule has 6 nitrogen and oxygen atoms in total. The molecule has 0 radical (unpaired) electrons. The van der Waals surface area contributed by atoms with Crippen molar-refractivity contribution < 1.29 is 14.3 Å². The summed E-state index contributed by atoms with van der Waals surface area (Å²) >= 11 is 3.29. The van der Waals surface area contributed by atoms with Gasteiger partial charge in [0.15, 0.2) is 6.61 Å². The van der Waals surface area contributed by atoms with E-state index in [-0.39, 0.29) is 24.8 Å². The Morgan fingerprint density at radius 2 is 2.13 bits per heavy atom. The number of benzene rings is 1. The van der Waals surface area contributed by atoms with E-state index in [9.17, 15) is 9.59 Å². The van der Waals surface area contributed by atoms with Gasteiger partial charge in [-0.25, -0.2) is 4.98 Å². The average molecular weight is 376 g/mol. The summed E-state index contributed by atoms with van der Waals surface area (Å²) in [5.74, 6) is 0.781. The molecule has 0 aliphatic carbocycles. The van der Waals surface area contributed by atoms with Crippen molar-refractivity contribution in [2.24, 2.45) is 0 Å². The number of rotatable bonds is 4. The maximum Gasteiger partial charge on any atom is 0.265 e. The van der Waals surface area contributed by atoms with Gasteiger partial charge in [0, 0.05) is 23.6 Å². The standard InChI is InChI=1S/C16H14BrN3O3/c17-11-5-6-14(18-9-11)19-15(21)7-8-20-12-3-1-2-4-13(12)23-10-16(20)22/h1-6,9H,7-8,10H2,(H,18,19,21). The van der Waals surface area contributed by atoms with Crippen molar-refractivity contribution in [1.29, 1.82) is 0 Å². The Morgan fingerprint density at radius 3 is 2.91 bits per heavy atom. The highest BCUT2D eigenvalue weighted by Crippen LogP contribution is 2.31. The number of para-hydroxylation sites is 2. The number of ether oxygens (including phenoxy) is 1. The fourth-order valence-corrected chi connectivity index (χ4v) is 2.50. The molecule has 2 heterocycles. The molecule has 0 spiro atoms. The van der Waals surface area contributed by atoms with Gasteiger partial charge in [0.1, 0.15) is 11.6 Å². The first kappa shape index (κ1) is 15.5. The zero-order valence-corrected chi connectivity index (χ0v) is 13.7. The predicted octanol–water partition coefficient (Wildman–Crippen LogP) is 2.60. The predicted molar refractivity (Wildman–Crippen MR) is 89.5 cm³/mol. The molecule has 118 valence electrons. The number of amides is 2. The summed E-state index contributed by atoms with van der Waals surface area (Å²) in [6.07, 6.45) is 1.79. The van der Waals surface area contributed by atoms with Gasteiger partial charge in [0.25, 0.3) is 5.91 Å². The first-order valence-electron chi connectivity index (χ1n) is 7.07. The van der Waals surface area contributed by atoms with Gasteiger partial charge in [0.05, 0.1) is 5.69 Å². The highest BCUT2D eigenvalue weighted by Gasteiger charge is 2.25. The molecule has 0 saturated heterocycles. The maximum atomic E-state index is 12.0. The number of anilines is 2. The van der Waals surface area contributed by atoms with Gasteiger partial charge in [-0.3, -0.25) is 9.59 Å². The number of carbonyl (C=O) groups excluding carboxylic acids is 2. The lowest BCUT2D eigenvalue weighted by Crippen LogP contribution is -2.40. The van der Waals surface area contributed by atoms with E-state index in [2.05, 4.69) is 26.2 Å². The Morgan fingerprint density at radius 1 is 1.30 bits per heavy atom. The molecule has 1 N–H and O–H groups in total. The van der Waals surface area contributed by atoms with Crippen LogP contribution in [0.25, 0.3) is 0 Å². The molecule has 0 unspecified atom stereocenters. The van der Waals surface area contributed by atoms with Crippen LogP contribution in [0.1, 0.15) is 6.42 Å². The molecule has 7 heteroatoms. The normalized spacial score (nSPS) is 13.3. The lowest BCUT2D eigenvalue weighted by atomic mass is 10.2. The van der Waals surface area contributed by atoms with Crippen LogP contribution in [0.4, 0.5) is 11.5 Å². The SMILES string of the molecule is O=C(CCN1C(=O)COc2ccccc21)Nc1ccc(Br)cn1. The first-order valence-corrected chi connectivity index (χ1v) is 7.86. The monoisotopic (exact) mass is 375 g/mol. The number of nitrogens with zero attached hydrogens (tertiary/aromatic N) is 2. The highest BCUT2D eigenvalue weighted by molar-refractivity contribution is 9.10. The quantitative estimate of drug-likeness (QED) is 0.891. The minimum absolute atomic E-state index is 0.00704. The number of hydrogen-bond acceptors (Lipinski definition) is 4. The third kappa shape index (κ3) is 3.68. The number of fused-ring (bicyclic) bond motifs is 1. The average Bonchev–Trinajstić information content (AvgIpc) is 2.56. The van der Waals surface area contributed by atoms with Crippen molar-refractivity contribution >= 4 is 39.2 Å². The second-order valence-electron chi connectivity index (χ2n) is 4.96. The Labute approximate surface area is 141 Å². The number of halogens is 1. The van der Waals surface area contributed by atoms with E-state index in [4.69, 9.17) is 4.74 Å². The second-order valence-corrected chi connectivity index (χ2v) is 5.88. The van der Waals surface area contributed by atoms with E-state index in [1.807, 2.05) is 12.1 Å². The van der Waals surface area contributed by atoms with Gasteiger partial charge < -0.3 is 15.0 Å². The molecule has 0 saturated carbocycles. The molecule has 2 amide bonds. The molecule has 2 aromatic rings. The molecule has 23 heavy (non-hydrogen) atoms. The van der Waals surface area contributed by atoms with E-state index < -0.39 is 0 Å². The summed E-state index contributed by atoms with van der Waals surface area (Å²) < 4.78 is 6.21. The van der Waals surface area contributed by atoms with E-state index in [0.717, 1.165) is 4.47 Å². The van der Waals surface area contributed by atoms with Crippen molar-refractivity contribution in [3.63, 3.8) is 0 Å². The number of hydrogen-bond donors (Lipinski definition) is 1. The molecule has 0 atom stereocenters. The third-order valence-corrected chi connectivity index (χ3v) is 3.83. The first-order chi connectivity index (χ1) is 11.1. The molecule has 1 aliphatic heterocycles. The molecule has 0 bridgehead atoms. The fourth-order valence-electron chi connectivity index (χ4n) is 2.27. The zero-order chi connectivity index (χ0) is 16.2. The summed E-state index contributed by atoms with van der Waals surface area (Å²) in [5.41, 5.74) is 0.693. The minimum Gasteiger partial charge on any atom is -0.482 e. The van der Waals surface area contributed by atoms with Crippen molar-refractivity contribution in [3.8, 4) is 5.75 Å². The largest absolute Gasteiger partial charge is 0.482 e. The molecule has 0 fully saturated rings. The highest BCUT2D eigenvalue weighted by atomic mass is 79.9. The van der Waals surface area contributed by atoms with E-state index in [1.54, 1.807) is 35.4 Å². The minimum atomic E-state index is -0.198. The van der Waals surface area contributed by atoms with Crippen LogP contribution in [0.3, 0.4) is 0 Å². The molecule has 1 aliphatic rings. The Bertz CT molecular complexity index is 734. The van der Waals surface area contributed by atoms with Crippen molar-refractivity contribution in [3.05, 3.63) is 47.1 Å². The smallest absolute Gasteiger partial charge is 0.265 e. The van der Waals surface area contributed by atoms with Crippen molar-refractivity contribution in [1.82, 2.24) is 4.98 Å². The summed E-state index contributed by atoms with van der Waals surface area (Å²) in [4.78, 5) is 29.7. The number of pyridine rings is 1. The molecule has 1 aromatic heterocycles. The summed E-state index contributed by atoms with van der Waals surface area (Å²) in [6.45, 7) is 0.286. The van der Waals surface area contributed by atoms with Crippen LogP contribution in [0.2, 0.25) is 0 Å². The van der Waals surface area contributed by atoms with Crippen LogP contribution in [0.15, 0.2) is 47.1 Å². The van der Waals surface area contributed by atoms with E-state index in [1.165, 1.54) is 0 Å².